The molecule has 0 amide bonds. The summed E-state index contributed by atoms with van der Waals surface area (Å²) < 4.78 is 10.7. The number of benzene rings is 1. The smallest absolute Gasteiger partial charge is 0.118 e. The lowest BCUT2D eigenvalue weighted by molar-refractivity contribution is 0.0640. The van der Waals surface area contributed by atoms with E-state index in [1.54, 1.807) is 19.3 Å². The number of hydrogen-bond acceptors (Lipinski definition) is 4. The highest BCUT2D eigenvalue weighted by Crippen LogP contribution is 2.12. The number of hydrogen-bond donors (Lipinski definition) is 2. The summed E-state index contributed by atoms with van der Waals surface area (Å²) in [6, 6.07) is 7.59. The molecule has 0 saturated heterocycles. The van der Waals surface area contributed by atoms with Gasteiger partial charge in [-0.2, -0.15) is 0 Å². The van der Waals surface area contributed by atoms with E-state index in [4.69, 9.17) is 9.47 Å². The van der Waals surface area contributed by atoms with Crippen LogP contribution in [0.4, 0.5) is 0 Å². The van der Waals surface area contributed by atoms with Crippen molar-refractivity contribution in [3.8, 4) is 5.75 Å². The van der Waals surface area contributed by atoms with Gasteiger partial charge in [-0.15, -0.1) is 13.2 Å². The molecule has 0 aliphatic carbocycles. The lowest BCUT2D eigenvalue weighted by Gasteiger charge is -2.20. The minimum Gasteiger partial charge on any atom is -0.497 e. The molecule has 1 rings (SSSR count). The highest BCUT2D eigenvalue weighted by molar-refractivity contribution is 5.26. The van der Waals surface area contributed by atoms with Crippen molar-refractivity contribution in [3.63, 3.8) is 0 Å². The largest absolute Gasteiger partial charge is 0.497 e. The topological polar surface area (TPSA) is 50.7 Å². The van der Waals surface area contributed by atoms with Crippen LogP contribution in [0.25, 0.3) is 0 Å². The van der Waals surface area contributed by atoms with Gasteiger partial charge in [0.2, 0.25) is 0 Å². The van der Waals surface area contributed by atoms with Crippen molar-refractivity contribution < 1.29 is 14.6 Å². The summed E-state index contributed by atoms with van der Waals surface area (Å²) in [5.74, 6) is 0.830. The maximum Gasteiger partial charge on any atom is 0.118 e. The highest BCUT2D eigenvalue weighted by Gasteiger charge is 2.14. The van der Waals surface area contributed by atoms with E-state index in [2.05, 4.69) is 18.5 Å². The second kappa shape index (κ2) is 10.2. The molecule has 1 aromatic rings. The summed E-state index contributed by atoms with van der Waals surface area (Å²) in [4.78, 5) is 0. The first-order chi connectivity index (χ1) is 10.2. The molecule has 0 unspecified atom stereocenters. The van der Waals surface area contributed by atoms with Gasteiger partial charge in [-0.1, -0.05) is 24.3 Å². The molecule has 0 radical (unpaired) electrons. The summed E-state index contributed by atoms with van der Waals surface area (Å²) in [5.41, 5.74) is 1.08. The second-order valence-corrected chi connectivity index (χ2v) is 4.72. The number of rotatable bonds is 11. The predicted octanol–water partition coefficient (Wildman–Crippen LogP) is 2.29. The van der Waals surface area contributed by atoms with E-state index < -0.39 is 6.10 Å². The summed E-state index contributed by atoms with van der Waals surface area (Å²) in [6.07, 6.45) is 3.50. The Morgan fingerprint density at radius 1 is 1.29 bits per heavy atom. The fourth-order valence-electron chi connectivity index (χ4n) is 1.89. The van der Waals surface area contributed by atoms with E-state index in [1.807, 2.05) is 24.3 Å². The van der Waals surface area contributed by atoms with Gasteiger partial charge in [-0.05, 0) is 24.1 Å². The van der Waals surface area contributed by atoms with Gasteiger partial charge in [0.1, 0.15) is 5.75 Å². The molecule has 0 aliphatic rings. The van der Waals surface area contributed by atoms with Crippen LogP contribution in [-0.4, -0.2) is 37.5 Å². The molecule has 1 aromatic carbocycles. The third kappa shape index (κ3) is 6.58. The van der Waals surface area contributed by atoms with Crippen molar-refractivity contribution in [2.24, 2.45) is 0 Å². The van der Waals surface area contributed by atoms with Crippen LogP contribution in [0, 0.1) is 0 Å². The van der Waals surface area contributed by atoms with Crippen LogP contribution in [0.3, 0.4) is 0 Å². The van der Waals surface area contributed by atoms with Gasteiger partial charge in [0.05, 0.1) is 25.9 Å². The monoisotopic (exact) mass is 291 g/mol. The third-order valence-corrected chi connectivity index (χ3v) is 3.15. The molecule has 0 bridgehead atoms. The zero-order valence-corrected chi connectivity index (χ0v) is 12.6. The minimum atomic E-state index is -0.515. The molecule has 2 N–H and O–H groups in total. The van der Waals surface area contributed by atoms with Gasteiger partial charge in [0, 0.05) is 13.2 Å². The molecule has 0 saturated carbocycles. The Labute approximate surface area is 127 Å². The fourth-order valence-corrected chi connectivity index (χ4v) is 1.89. The summed E-state index contributed by atoms with van der Waals surface area (Å²) in [6.45, 7) is 9.01. The van der Waals surface area contributed by atoms with Crippen molar-refractivity contribution >= 4 is 0 Å². The minimum absolute atomic E-state index is 0.146. The van der Waals surface area contributed by atoms with E-state index in [0.717, 1.165) is 11.3 Å². The van der Waals surface area contributed by atoms with Gasteiger partial charge in [-0.25, -0.2) is 0 Å². The highest BCUT2D eigenvalue weighted by atomic mass is 16.5. The molecule has 0 spiro atoms. The SMILES string of the molecule is C=CCN[C@@H](C=C)[C@H](O)CCOCc1ccc(OC)cc1. The first kappa shape index (κ1) is 17.4. The van der Waals surface area contributed by atoms with Crippen molar-refractivity contribution in [2.75, 3.05) is 20.3 Å². The van der Waals surface area contributed by atoms with Crippen LogP contribution in [0.2, 0.25) is 0 Å². The van der Waals surface area contributed by atoms with Crippen LogP contribution in [0.5, 0.6) is 5.75 Å². The Morgan fingerprint density at radius 3 is 2.57 bits per heavy atom. The number of methoxy groups -OCH3 is 1. The molecular weight excluding hydrogens is 266 g/mol. The first-order valence-corrected chi connectivity index (χ1v) is 7.06. The van der Waals surface area contributed by atoms with Gasteiger partial charge in [0.15, 0.2) is 0 Å². The predicted molar refractivity (Wildman–Crippen MR) is 85.5 cm³/mol. The molecule has 2 atom stereocenters. The summed E-state index contributed by atoms with van der Waals surface area (Å²) >= 11 is 0. The van der Waals surface area contributed by atoms with Crippen molar-refractivity contribution in [1.29, 1.82) is 0 Å². The maximum absolute atomic E-state index is 10.0. The van der Waals surface area contributed by atoms with Gasteiger partial charge in [0.25, 0.3) is 0 Å². The molecule has 116 valence electrons. The van der Waals surface area contributed by atoms with Crippen LogP contribution in [0.1, 0.15) is 12.0 Å². The van der Waals surface area contributed by atoms with Crippen molar-refractivity contribution in [3.05, 3.63) is 55.1 Å². The van der Waals surface area contributed by atoms with Gasteiger partial charge in [-0.3, -0.25) is 0 Å². The lowest BCUT2D eigenvalue weighted by atomic mass is 10.1. The molecule has 4 heteroatoms. The third-order valence-electron chi connectivity index (χ3n) is 3.15. The van der Waals surface area contributed by atoms with E-state index in [1.165, 1.54) is 0 Å². The second-order valence-electron chi connectivity index (χ2n) is 4.72. The number of nitrogens with one attached hydrogen (secondary N) is 1. The molecule has 0 aliphatic heterocycles. The maximum atomic E-state index is 10.0. The molecule has 21 heavy (non-hydrogen) atoms. The Kier molecular flexibility index (Phi) is 8.43. The summed E-state index contributed by atoms with van der Waals surface area (Å²) in [5, 5.41) is 13.2. The Balaban J connectivity index is 2.25. The molecule has 4 nitrogen and oxygen atoms in total. The quantitative estimate of drug-likeness (QED) is 0.485. The lowest BCUT2D eigenvalue weighted by Crippen LogP contribution is -2.38. The van der Waals surface area contributed by atoms with Crippen molar-refractivity contribution in [2.45, 2.75) is 25.2 Å². The van der Waals surface area contributed by atoms with Crippen LogP contribution >= 0.6 is 0 Å². The van der Waals surface area contributed by atoms with E-state index in [0.29, 0.717) is 26.2 Å². The number of aliphatic hydroxyl groups excluding tert-OH is 1. The van der Waals surface area contributed by atoms with Crippen LogP contribution in [0.15, 0.2) is 49.6 Å². The molecule has 0 fully saturated rings. The Bertz CT molecular complexity index is 417. The average molecular weight is 291 g/mol. The van der Waals surface area contributed by atoms with E-state index in [9.17, 15) is 5.11 Å². The van der Waals surface area contributed by atoms with Gasteiger partial charge >= 0.3 is 0 Å². The molecular formula is C17H25NO3. The number of ether oxygens (including phenoxy) is 2. The van der Waals surface area contributed by atoms with Gasteiger partial charge < -0.3 is 19.9 Å². The fraction of sp³-hybridized carbons (Fsp3) is 0.412. The van der Waals surface area contributed by atoms with Crippen molar-refractivity contribution in [1.82, 2.24) is 5.32 Å². The Morgan fingerprint density at radius 2 is 2.00 bits per heavy atom. The molecule has 0 aromatic heterocycles. The Hall–Kier alpha value is -1.62. The van der Waals surface area contributed by atoms with E-state index >= 15 is 0 Å². The van der Waals surface area contributed by atoms with E-state index in [-0.39, 0.29) is 6.04 Å². The summed E-state index contributed by atoms with van der Waals surface area (Å²) in [7, 11) is 1.64. The normalized spacial score (nSPS) is 13.4. The first-order valence-electron chi connectivity index (χ1n) is 7.06. The zero-order valence-electron chi connectivity index (χ0n) is 12.6. The number of aliphatic hydroxyl groups is 1. The molecule has 0 heterocycles. The standard InChI is InChI=1S/C17H25NO3/c1-4-11-18-16(5-2)17(19)10-12-21-13-14-6-8-15(20-3)9-7-14/h4-9,16-19H,1-2,10-13H2,3H3/t16-,17+/m0/s1. The zero-order chi connectivity index (χ0) is 15.5. The van der Waals surface area contributed by atoms with Crippen LogP contribution < -0.4 is 10.1 Å². The van der Waals surface area contributed by atoms with Crippen LogP contribution in [-0.2, 0) is 11.3 Å². The average Bonchev–Trinajstić information content (AvgIpc) is 2.53.